The second-order valence-corrected chi connectivity index (χ2v) is 14.1. The average molecular weight is 601 g/mol. The average Bonchev–Trinajstić information content (AvgIpc) is 3.30. The fraction of sp³-hybridized carbons (Fsp3) is 0.900. The van der Waals surface area contributed by atoms with E-state index in [0.29, 0.717) is 72.1 Å². The maximum absolute atomic E-state index is 12.8. The van der Waals surface area contributed by atoms with Crippen LogP contribution < -0.4 is 0 Å². The molecule has 0 aromatic heterocycles. The van der Waals surface area contributed by atoms with Crippen molar-refractivity contribution in [3.05, 3.63) is 0 Å². The third-order valence-electron chi connectivity index (χ3n) is 6.35. The van der Waals surface area contributed by atoms with Crippen molar-refractivity contribution >= 4 is 17.9 Å². The summed E-state index contributed by atoms with van der Waals surface area (Å²) >= 11 is 0. The molecule has 0 aromatic rings. The van der Waals surface area contributed by atoms with Gasteiger partial charge in [0.2, 0.25) is 0 Å². The first-order valence-electron chi connectivity index (χ1n) is 15.1. The van der Waals surface area contributed by atoms with Crippen molar-refractivity contribution in [3.63, 3.8) is 0 Å². The fourth-order valence-electron chi connectivity index (χ4n) is 4.63. The molecule has 0 amide bonds. The van der Waals surface area contributed by atoms with Crippen molar-refractivity contribution in [1.29, 1.82) is 0 Å². The highest BCUT2D eigenvalue weighted by molar-refractivity contribution is 5.73. The first kappa shape index (κ1) is 36.4. The molecule has 2 rings (SSSR count). The van der Waals surface area contributed by atoms with E-state index in [1.165, 1.54) is 0 Å². The standard InChI is InChI=1S/C30H56N4O8/c1-28(2,3)40-24(35)20-31-10-12-32(21-25(36)41-29(4,5)6)14-16-34(23-27-38-18-19-39-27)17-15-33(13-11-31)22-26(37)42-30(7,8)9/h27H,10-23H2,1-9H3. The van der Waals surface area contributed by atoms with Gasteiger partial charge in [0.15, 0.2) is 6.29 Å². The van der Waals surface area contributed by atoms with Crippen LogP contribution in [0.3, 0.4) is 0 Å². The van der Waals surface area contributed by atoms with E-state index in [2.05, 4.69) is 14.7 Å². The lowest BCUT2D eigenvalue weighted by Crippen LogP contribution is -2.50. The highest BCUT2D eigenvalue weighted by Gasteiger charge is 2.27. The number of ether oxygens (including phenoxy) is 5. The van der Waals surface area contributed by atoms with Gasteiger partial charge in [-0.25, -0.2) is 0 Å². The SMILES string of the molecule is CC(C)(C)OC(=O)CN1CCN(CC(=O)OC(C)(C)C)CCN(CC2OCCO2)CCN(CC(=O)OC(C)(C)C)CC1. The van der Waals surface area contributed by atoms with E-state index >= 15 is 0 Å². The summed E-state index contributed by atoms with van der Waals surface area (Å²) in [5.74, 6) is -0.883. The number of nitrogens with zero attached hydrogens (tertiary/aromatic N) is 4. The zero-order valence-corrected chi connectivity index (χ0v) is 27.5. The monoisotopic (exact) mass is 600 g/mol. The Morgan fingerprint density at radius 3 is 1.05 bits per heavy atom. The van der Waals surface area contributed by atoms with Gasteiger partial charge in [-0.15, -0.1) is 0 Å². The normalized spacial score (nSPS) is 20.5. The van der Waals surface area contributed by atoms with Gasteiger partial charge in [0.05, 0.1) is 32.8 Å². The summed E-state index contributed by atoms with van der Waals surface area (Å²) in [7, 11) is 0. The molecule has 0 unspecified atom stereocenters. The van der Waals surface area contributed by atoms with Gasteiger partial charge >= 0.3 is 17.9 Å². The van der Waals surface area contributed by atoms with Gasteiger partial charge < -0.3 is 23.7 Å². The van der Waals surface area contributed by atoms with Crippen LogP contribution in [0.15, 0.2) is 0 Å². The summed E-state index contributed by atoms with van der Waals surface area (Å²) in [5, 5.41) is 0. The highest BCUT2D eigenvalue weighted by atomic mass is 16.7. The molecule has 244 valence electrons. The lowest BCUT2D eigenvalue weighted by Gasteiger charge is -2.34. The lowest BCUT2D eigenvalue weighted by atomic mass is 10.2. The molecule has 0 saturated carbocycles. The molecule has 2 fully saturated rings. The van der Waals surface area contributed by atoms with Crippen LogP contribution in [-0.2, 0) is 38.1 Å². The largest absolute Gasteiger partial charge is 0.459 e. The molecule has 2 aliphatic rings. The van der Waals surface area contributed by atoms with Crippen LogP contribution >= 0.6 is 0 Å². The number of hydrogen-bond donors (Lipinski definition) is 0. The Kier molecular flexibility index (Phi) is 14.1. The fourth-order valence-corrected chi connectivity index (χ4v) is 4.63. The molecule has 2 aliphatic heterocycles. The van der Waals surface area contributed by atoms with Gasteiger partial charge in [-0.3, -0.25) is 34.0 Å². The van der Waals surface area contributed by atoms with Gasteiger partial charge in [-0.05, 0) is 62.3 Å². The predicted octanol–water partition coefficient (Wildman–Crippen LogP) is 1.61. The number of rotatable bonds is 8. The number of hydrogen-bond acceptors (Lipinski definition) is 12. The van der Waals surface area contributed by atoms with Crippen LogP contribution in [0.4, 0.5) is 0 Å². The third kappa shape index (κ3) is 16.7. The molecule has 0 aromatic carbocycles. The van der Waals surface area contributed by atoms with Crippen LogP contribution in [-0.4, -0.2) is 152 Å². The Morgan fingerprint density at radius 1 is 0.524 bits per heavy atom. The van der Waals surface area contributed by atoms with Crippen molar-refractivity contribution in [1.82, 2.24) is 19.6 Å². The van der Waals surface area contributed by atoms with Gasteiger partial charge in [0.1, 0.15) is 16.8 Å². The zero-order valence-electron chi connectivity index (χ0n) is 27.5. The lowest BCUT2D eigenvalue weighted by molar-refractivity contribution is -0.158. The molecule has 12 nitrogen and oxygen atoms in total. The number of carbonyl (C=O) groups is 3. The summed E-state index contributed by atoms with van der Waals surface area (Å²) in [6, 6.07) is 0. The Labute approximate surface area is 252 Å². The zero-order chi connectivity index (χ0) is 31.6. The predicted molar refractivity (Wildman–Crippen MR) is 159 cm³/mol. The van der Waals surface area contributed by atoms with Crippen LogP contribution in [0.5, 0.6) is 0 Å². The Morgan fingerprint density at radius 2 is 0.786 bits per heavy atom. The molecule has 0 bridgehead atoms. The quantitative estimate of drug-likeness (QED) is 0.298. The second kappa shape index (κ2) is 16.3. The Hall–Kier alpha value is -1.83. The molecule has 0 N–H and O–H groups in total. The van der Waals surface area contributed by atoms with Crippen molar-refractivity contribution in [2.24, 2.45) is 0 Å². The van der Waals surface area contributed by atoms with E-state index < -0.39 is 16.8 Å². The second-order valence-electron chi connectivity index (χ2n) is 14.1. The van der Waals surface area contributed by atoms with E-state index in [-0.39, 0.29) is 43.8 Å². The minimum Gasteiger partial charge on any atom is -0.459 e. The van der Waals surface area contributed by atoms with Crippen molar-refractivity contribution in [2.75, 3.05) is 91.8 Å². The maximum atomic E-state index is 12.8. The minimum absolute atomic E-state index is 0.111. The van der Waals surface area contributed by atoms with Gasteiger partial charge in [-0.1, -0.05) is 0 Å². The summed E-state index contributed by atoms with van der Waals surface area (Å²) in [6.45, 7) is 23.6. The molecular formula is C30H56N4O8. The summed E-state index contributed by atoms with van der Waals surface area (Å²) < 4.78 is 28.2. The topological polar surface area (TPSA) is 110 Å². The summed E-state index contributed by atoms with van der Waals surface area (Å²) in [6.07, 6.45) is -0.305. The van der Waals surface area contributed by atoms with Crippen LogP contribution in [0.25, 0.3) is 0 Å². The van der Waals surface area contributed by atoms with E-state index in [0.717, 1.165) is 0 Å². The smallest absolute Gasteiger partial charge is 0.320 e. The van der Waals surface area contributed by atoms with Gasteiger partial charge in [-0.2, -0.15) is 0 Å². The first-order chi connectivity index (χ1) is 19.4. The van der Waals surface area contributed by atoms with E-state index in [1.54, 1.807) is 0 Å². The van der Waals surface area contributed by atoms with Crippen LogP contribution in [0.1, 0.15) is 62.3 Å². The van der Waals surface area contributed by atoms with Gasteiger partial charge in [0, 0.05) is 58.9 Å². The summed E-state index contributed by atoms with van der Waals surface area (Å²) in [5.41, 5.74) is -1.74. The number of esters is 3. The minimum atomic E-state index is -0.592. The molecule has 0 atom stereocenters. The molecule has 0 spiro atoms. The molecule has 12 heteroatoms. The molecule has 2 heterocycles. The molecule has 0 aliphatic carbocycles. The van der Waals surface area contributed by atoms with Crippen molar-refractivity contribution in [3.8, 4) is 0 Å². The molecular weight excluding hydrogens is 544 g/mol. The van der Waals surface area contributed by atoms with Crippen molar-refractivity contribution in [2.45, 2.75) is 85.4 Å². The Balaban J connectivity index is 2.22. The van der Waals surface area contributed by atoms with Crippen LogP contribution in [0.2, 0.25) is 0 Å². The van der Waals surface area contributed by atoms with E-state index in [4.69, 9.17) is 23.7 Å². The molecule has 0 radical (unpaired) electrons. The maximum Gasteiger partial charge on any atom is 0.320 e. The first-order valence-corrected chi connectivity index (χ1v) is 15.1. The molecule has 2 saturated heterocycles. The Bertz CT molecular complexity index is 813. The molecule has 42 heavy (non-hydrogen) atoms. The van der Waals surface area contributed by atoms with Crippen molar-refractivity contribution < 1.29 is 38.1 Å². The third-order valence-corrected chi connectivity index (χ3v) is 6.35. The summed E-state index contributed by atoms with van der Waals surface area (Å²) in [4.78, 5) is 46.7. The highest BCUT2D eigenvalue weighted by Crippen LogP contribution is 2.12. The van der Waals surface area contributed by atoms with E-state index in [9.17, 15) is 14.4 Å². The van der Waals surface area contributed by atoms with E-state index in [1.807, 2.05) is 67.2 Å². The number of carbonyl (C=O) groups excluding carboxylic acids is 3. The van der Waals surface area contributed by atoms with Gasteiger partial charge in [0.25, 0.3) is 0 Å². The van der Waals surface area contributed by atoms with Crippen LogP contribution in [0, 0.1) is 0 Å².